The van der Waals surface area contributed by atoms with Crippen LogP contribution in [0.15, 0.2) is 24.3 Å². The van der Waals surface area contributed by atoms with Crippen molar-refractivity contribution in [3.8, 4) is 0 Å². The highest BCUT2D eigenvalue weighted by atomic mass is 19.4. The zero-order valence-electron chi connectivity index (χ0n) is 14.8. The van der Waals surface area contributed by atoms with Gasteiger partial charge in [0, 0.05) is 25.9 Å². The summed E-state index contributed by atoms with van der Waals surface area (Å²) >= 11 is 0. The van der Waals surface area contributed by atoms with Gasteiger partial charge in [-0.15, -0.1) is 0 Å². The third-order valence-electron chi connectivity index (χ3n) is 5.31. The molecule has 3 rings (SSSR count). The number of carboxylic acid groups (broad SMARTS) is 1. The van der Waals surface area contributed by atoms with Crippen LogP contribution in [0.4, 0.5) is 13.2 Å². The summed E-state index contributed by atoms with van der Waals surface area (Å²) in [6.45, 7) is 3.70. The van der Waals surface area contributed by atoms with Gasteiger partial charge in [-0.3, -0.25) is 9.69 Å². The van der Waals surface area contributed by atoms with E-state index < -0.39 is 40.9 Å². The minimum atomic E-state index is -4.72. The molecule has 0 radical (unpaired) electrons. The van der Waals surface area contributed by atoms with E-state index in [-0.39, 0.29) is 6.61 Å². The minimum Gasteiger partial charge on any atom is -0.480 e. The zero-order chi connectivity index (χ0) is 19.8. The SMILES string of the molecule is CCN1CCC2(CC1)OC[C@H](C(=O)O)N2C(=O)c1ccccc1C(F)(F)F. The van der Waals surface area contributed by atoms with E-state index in [2.05, 4.69) is 4.90 Å². The molecule has 0 bridgehead atoms. The number of alkyl halides is 3. The number of hydrogen-bond acceptors (Lipinski definition) is 4. The summed E-state index contributed by atoms with van der Waals surface area (Å²) in [5.74, 6) is -2.25. The molecular weight excluding hydrogens is 365 g/mol. The largest absolute Gasteiger partial charge is 0.480 e. The van der Waals surface area contributed by atoms with Gasteiger partial charge in [-0.1, -0.05) is 19.1 Å². The molecule has 27 heavy (non-hydrogen) atoms. The van der Waals surface area contributed by atoms with Gasteiger partial charge in [-0.25, -0.2) is 4.79 Å². The van der Waals surface area contributed by atoms with Gasteiger partial charge in [0.05, 0.1) is 17.7 Å². The first kappa shape index (κ1) is 19.6. The molecular formula is C18H21F3N2O4. The molecule has 1 atom stereocenters. The first-order valence-corrected chi connectivity index (χ1v) is 8.78. The van der Waals surface area contributed by atoms with Crippen LogP contribution in [0.25, 0.3) is 0 Å². The van der Waals surface area contributed by atoms with Crippen molar-refractivity contribution in [3.63, 3.8) is 0 Å². The molecule has 1 amide bonds. The normalized spacial score (nSPS) is 23.0. The smallest absolute Gasteiger partial charge is 0.417 e. The van der Waals surface area contributed by atoms with E-state index in [0.29, 0.717) is 25.9 Å². The van der Waals surface area contributed by atoms with Gasteiger partial charge in [0.15, 0.2) is 6.04 Å². The number of aliphatic carboxylic acids is 1. The van der Waals surface area contributed by atoms with Crippen LogP contribution in [0, 0.1) is 0 Å². The summed E-state index contributed by atoms with van der Waals surface area (Å²) < 4.78 is 45.8. The third kappa shape index (κ3) is 3.53. The van der Waals surface area contributed by atoms with Crippen LogP contribution >= 0.6 is 0 Å². The second-order valence-electron chi connectivity index (χ2n) is 6.76. The van der Waals surface area contributed by atoms with Crippen LogP contribution < -0.4 is 0 Å². The summed E-state index contributed by atoms with van der Waals surface area (Å²) in [7, 11) is 0. The molecule has 6 nitrogen and oxygen atoms in total. The van der Waals surface area contributed by atoms with Gasteiger partial charge >= 0.3 is 12.1 Å². The van der Waals surface area contributed by atoms with Gasteiger partial charge in [0.2, 0.25) is 0 Å². The molecule has 0 aliphatic carbocycles. The van der Waals surface area contributed by atoms with Gasteiger partial charge < -0.3 is 14.7 Å². The maximum atomic E-state index is 13.4. The first-order chi connectivity index (χ1) is 12.7. The molecule has 1 aromatic rings. The lowest BCUT2D eigenvalue weighted by molar-refractivity contribution is -0.144. The van der Waals surface area contributed by atoms with E-state index in [1.807, 2.05) is 6.92 Å². The van der Waals surface area contributed by atoms with Crippen LogP contribution in [0.3, 0.4) is 0 Å². The molecule has 1 aromatic carbocycles. The van der Waals surface area contributed by atoms with Crippen LogP contribution in [0.2, 0.25) is 0 Å². The summed E-state index contributed by atoms with van der Waals surface area (Å²) in [5, 5.41) is 9.51. The Balaban J connectivity index is 2.00. The molecule has 2 fully saturated rings. The van der Waals surface area contributed by atoms with Crippen LogP contribution in [-0.2, 0) is 15.7 Å². The standard InChI is InChI=1S/C18H21F3N2O4/c1-2-22-9-7-17(8-10-22)23(14(11-27-17)16(25)26)15(24)12-5-3-4-6-13(12)18(19,20)21/h3-6,14H,2,7-11H2,1H3,(H,25,26)/t14-/m1/s1. The second kappa shape index (κ2) is 7.12. The summed E-state index contributed by atoms with van der Waals surface area (Å²) in [6.07, 6.45) is -4.01. The Kier molecular flexibility index (Phi) is 5.18. The maximum Gasteiger partial charge on any atom is 0.417 e. The monoisotopic (exact) mass is 386 g/mol. The third-order valence-corrected chi connectivity index (χ3v) is 5.31. The molecule has 2 aliphatic heterocycles. The average molecular weight is 386 g/mol. The van der Waals surface area contributed by atoms with Crippen molar-refractivity contribution in [2.75, 3.05) is 26.2 Å². The number of benzene rings is 1. The van der Waals surface area contributed by atoms with E-state index in [9.17, 15) is 27.9 Å². The topological polar surface area (TPSA) is 70.1 Å². The van der Waals surface area contributed by atoms with E-state index in [0.717, 1.165) is 23.6 Å². The highest BCUT2D eigenvalue weighted by Crippen LogP contribution is 2.40. The minimum absolute atomic E-state index is 0.235. The Morgan fingerprint density at radius 3 is 2.44 bits per heavy atom. The lowest BCUT2D eigenvalue weighted by Crippen LogP contribution is -2.58. The molecule has 0 saturated carbocycles. The number of piperidine rings is 1. The highest BCUT2D eigenvalue weighted by molar-refractivity contribution is 5.98. The fourth-order valence-corrected chi connectivity index (χ4v) is 3.82. The van der Waals surface area contributed by atoms with Crippen molar-refractivity contribution in [1.29, 1.82) is 0 Å². The molecule has 2 heterocycles. The number of hydrogen-bond donors (Lipinski definition) is 1. The number of nitrogens with zero attached hydrogens (tertiary/aromatic N) is 2. The molecule has 2 aliphatic rings. The van der Waals surface area contributed by atoms with Crippen LogP contribution in [0.1, 0.15) is 35.7 Å². The molecule has 9 heteroatoms. The van der Waals surface area contributed by atoms with E-state index in [1.54, 1.807) is 0 Å². The van der Waals surface area contributed by atoms with Crippen LogP contribution in [0.5, 0.6) is 0 Å². The van der Waals surface area contributed by atoms with Gasteiger partial charge in [0.1, 0.15) is 5.72 Å². The van der Waals surface area contributed by atoms with Gasteiger partial charge in [-0.2, -0.15) is 13.2 Å². The van der Waals surface area contributed by atoms with Crippen LogP contribution in [-0.4, -0.2) is 64.8 Å². The quantitative estimate of drug-likeness (QED) is 0.864. The Bertz CT molecular complexity index is 730. The molecule has 1 N–H and O–H groups in total. The number of carbonyl (C=O) groups excluding carboxylic acids is 1. The first-order valence-electron chi connectivity index (χ1n) is 8.78. The van der Waals surface area contributed by atoms with Crippen molar-refractivity contribution >= 4 is 11.9 Å². The summed E-state index contributed by atoms with van der Waals surface area (Å²) in [5.41, 5.74) is -2.82. The maximum absolute atomic E-state index is 13.4. The molecule has 0 unspecified atom stereocenters. The van der Waals surface area contributed by atoms with Crippen molar-refractivity contribution in [1.82, 2.24) is 9.80 Å². The Labute approximate surface area is 154 Å². The lowest BCUT2D eigenvalue weighted by Gasteiger charge is -2.44. The fraction of sp³-hybridized carbons (Fsp3) is 0.556. The lowest BCUT2D eigenvalue weighted by atomic mass is 9.95. The number of amides is 1. The van der Waals surface area contributed by atoms with Gasteiger partial charge in [0.25, 0.3) is 5.91 Å². The summed E-state index contributed by atoms with van der Waals surface area (Å²) in [6, 6.07) is 3.13. The van der Waals surface area contributed by atoms with Crippen molar-refractivity contribution in [3.05, 3.63) is 35.4 Å². The number of carbonyl (C=O) groups is 2. The molecule has 1 spiro atoms. The Morgan fingerprint density at radius 2 is 1.89 bits per heavy atom. The molecule has 148 valence electrons. The van der Waals surface area contributed by atoms with E-state index in [1.165, 1.54) is 12.1 Å². The van der Waals surface area contributed by atoms with Gasteiger partial charge in [-0.05, 0) is 18.7 Å². The molecule has 0 aromatic heterocycles. The van der Waals surface area contributed by atoms with Crippen molar-refractivity contribution < 1.29 is 32.6 Å². The predicted molar refractivity (Wildman–Crippen MR) is 89.1 cm³/mol. The number of carboxylic acids is 1. The number of halogens is 3. The van der Waals surface area contributed by atoms with Crippen molar-refractivity contribution in [2.24, 2.45) is 0 Å². The number of rotatable bonds is 3. The predicted octanol–water partition coefficient (Wildman–Crippen LogP) is 2.44. The molecule has 2 saturated heterocycles. The Hall–Kier alpha value is -2.13. The highest BCUT2D eigenvalue weighted by Gasteiger charge is 2.54. The number of likely N-dealkylation sites (tertiary alicyclic amines) is 1. The zero-order valence-corrected chi connectivity index (χ0v) is 14.8. The average Bonchev–Trinajstić information content (AvgIpc) is 3.00. The van der Waals surface area contributed by atoms with E-state index in [4.69, 9.17) is 4.74 Å². The van der Waals surface area contributed by atoms with E-state index >= 15 is 0 Å². The van der Waals surface area contributed by atoms with Crippen molar-refractivity contribution in [2.45, 2.75) is 37.7 Å². The fourth-order valence-electron chi connectivity index (χ4n) is 3.82. The summed E-state index contributed by atoms with van der Waals surface area (Å²) in [4.78, 5) is 27.9. The Morgan fingerprint density at radius 1 is 1.26 bits per heavy atom. The second-order valence-corrected chi connectivity index (χ2v) is 6.76. The number of ether oxygens (including phenoxy) is 1.